The molecule has 3 rings (SSSR count). The molecule has 1 amide bonds. The largest absolute Gasteiger partial charge is 0.472 e. The van der Waals surface area contributed by atoms with Crippen molar-refractivity contribution in [2.45, 2.75) is 17.2 Å². The van der Waals surface area contributed by atoms with E-state index >= 15 is 0 Å². The van der Waals surface area contributed by atoms with Crippen LogP contribution in [0.4, 0.5) is 32.0 Å². The maximum absolute atomic E-state index is 13.1. The Morgan fingerprint density at radius 3 is 2.46 bits per heavy atom. The van der Waals surface area contributed by atoms with Crippen molar-refractivity contribution in [3.63, 3.8) is 0 Å². The first-order valence-electron chi connectivity index (χ1n) is 6.33. The van der Waals surface area contributed by atoms with E-state index in [4.69, 9.17) is 0 Å². The van der Waals surface area contributed by atoms with Crippen LogP contribution in [0.1, 0.15) is 5.56 Å². The maximum Gasteiger partial charge on any atom is 0.472 e. The number of benzene rings is 1. The average Bonchev–Trinajstić information content (AvgIpc) is 2.49. The number of nitrogens with zero attached hydrogens (tertiary/aromatic N) is 2. The molecule has 0 atom stereocenters. The van der Waals surface area contributed by atoms with Gasteiger partial charge in [-0.2, -0.15) is 26.3 Å². The third kappa shape index (κ3) is 2.81. The third-order valence-corrected chi connectivity index (χ3v) is 4.09. The van der Waals surface area contributed by atoms with Crippen LogP contribution in [0, 0.1) is 0 Å². The number of hydrogen-bond donors (Lipinski definition) is 0. The molecule has 1 aliphatic rings. The summed E-state index contributed by atoms with van der Waals surface area (Å²) in [6, 6.07) is 2.86. The van der Waals surface area contributed by atoms with Crippen molar-refractivity contribution in [1.82, 2.24) is 4.98 Å². The molecule has 0 radical (unpaired) electrons. The molecule has 2 heterocycles. The Kier molecular flexibility index (Phi) is 3.74. The van der Waals surface area contributed by atoms with Gasteiger partial charge in [0.05, 0.1) is 16.8 Å². The van der Waals surface area contributed by atoms with E-state index in [-0.39, 0.29) is 21.5 Å². The van der Waals surface area contributed by atoms with Crippen LogP contribution >= 0.6 is 11.8 Å². The van der Waals surface area contributed by atoms with Gasteiger partial charge in [-0.1, -0.05) is 11.8 Å². The van der Waals surface area contributed by atoms with Crippen molar-refractivity contribution >= 4 is 34.3 Å². The quantitative estimate of drug-likeness (QED) is 0.634. The fraction of sp³-hybridized carbons (Fsp3) is 0.143. The molecule has 0 bridgehead atoms. The Morgan fingerprint density at radius 1 is 1.12 bits per heavy atom. The van der Waals surface area contributed by atoms with Crippen LogP contribution in [0.5, 0.6) is 0 Å². The van der Waals surface area contributed by atoms with E-state index in [2.05, 4.69) is 4.98 Å². The van der Waals surface area contributed by atoms with Crippen LogP contribution in [0.2, 0.25) is 0 Å². The fourth-order valence-electron chi connectivity index (χ4n) is 2.25. The van der Waals surface area contributed by atoms with Gasteiger partial charge < -0.3 is 0 Å². The molecule has 10 heteroatoms. The smallest absolute Gasteiger partial charge is 0.278 e. The minimum Gasteiger partial charge on any atom is -0.278 e. The number of anilines is 1. The lowest BCUT2D eigenvalue weighted by molar-refractivity contribution is -0.169. The van der Waals surface area contributed by atoms with Gasteiger partial charge in [-0.3, -0.25) is 14.7 Å². The lowest BCUT2D eigenvalue weighted by Gasteiger charge is -2.25. The van der Waals surface area contributed by atoms with Crippen molar-refractivity contribution in [3.8, 4) is 0 Å². The van der Waals surface area contributed by atoms with Gasteiger partial charge in [-0.15, -0.1) is 0 Å². The Morgan fingerprint density at radius 2 is 1.83 bits per heavy atom. The van der Waals surface area contributed by atoms with E-state index in [1.807, 2.05) is 0 Å². The highest BCUT2D eigenvalue weighted by atomic mass is 32.2. The van der Waals surface area contributed by atoms with Gasteiger partial charge in [0, 0.05) is 22.7 Å². The van der Waals surface area contributed by atoms with Gasteiger partial charge in [0.2, 0.25) is 0 Å². The zero-order valence-electron chi connectivity index (χ0n) is 11.4. The van der Waals surface area contributed by atoms with Gasteiger partial charge in [-0.25, -0.2) is 0 Å². The third-order valence-electron chi connectivity index (χ3n) is 3.25. The zero-order chi connectivity index (χ0) is 17.7. The van der Waals surface area contributed by atoms with Gasteiger partial charge in [0.1, 0.15) is 0 Å². The van der Waals surface area contributed by atoms with Gasteiger partial charge in [0.25, 0.3) is 0 Å². The number of amides is 1. The minimum absolute atomic E-state index is 0.0224. The molecule has 24 heavy (non-hydrogen) atoms. The number of hydrogen-bond acceptors (Lipinski definition) is 3. The summed E-state index contributed by atoms with van der Waals surface area (Å²) in [7, 11) is 0. The number of carbonyl (C=O) groups excluding carboxylic acids is 1. The van der Waals surface area contributed by atoms with Crippen molar-refractivity contribution in [1.29, 1.82) is 0 Å². The second kappa shape index (κ2) is 5.40. The summed E-state index contributed by atoms with van der Waals surface area (Å²) in [5.74, 6) is -2.18. The summed E-state index contributed by atoms with van der Waals surface area (Å²) in [4.78, 5) is 15.8. The van der Waals surface area contributed by atoms with Crippen LogP contribution < -0.4 is 4.90 Å². The van der Waals surface area contributed by atoms with Crippen molar-refractivity contribution in [3.05, 3.63) is 41.6 Å². The Bertz CT molecular complexity index is 859. The normalized spacial score (nSPS) is 14.8. The number of alkyl halides is 6. The molecule has 0 saturated heterocycles. The van der Waals surface area contributed by atoms with E-state index < -0.39 is 23.8 Å². The molecule has 1 aliphatic heterocycles. The number of aromatic nitrogens is 1. The second-order valence-electron chi connectivity index (χ2n) is 4.77. The number of carbonyl (C=O) groups is 1. The highest BCUT2D eigenvalue weighted by Crippen LogP contribution is 2.42. The van der Waals surface area contributed by atoms with E-state index in [0.29, 0.717) is 4.90 Å². The monoisotopic (exact) mass is 364 g/mol. The molecular weight excluding hydrogens is 358 g/mol. The van der Waals surface area contributed by atoms with E-state index in [9.17, 15) is 31.1 Å². The summed E-state index contributed by atoms with van der Waals surface area (Å²) >= 11 is 0.986. The first-order valence-corrected chi connectivity index (χ1v) is 7.20. The Hall–Kier alpha value is -2.23. The highest BCUT2D eigenvalue weighted by Gasteiger charge is 2.44. The summed E-state index contributed by atoms with van der Waals surface area (Å²) in [5, 5.41) is 0.866. The Labute approximate surface area is 134 Å². The standard InChI is InChI=1S/C14H6F6N2OS/c15-13(16,17)8-1-2-21-9-6-11-10(5-7(8)9)22(3-4-24-11)12(23)14(18,19)20/h1-6H. The number of pyridine rings is 1. The van der Waals surface area contributed by atoms with Crippen LogP contribution in [0.3, 0.4) is 0 Å². The van der Waals surface area contributed by atoms with E-state index in [1.165, 1.54) is 11.5 Å². The molecule has 0 unspecified atom stereocenters. The number of thioether (sulfide) groups is 1. The number of fused-ring (bicyclic) bond motifs is 2. The molecule has 0 fully saturated rings. The number of halogens is 6. The SMILES string of the molecule is O=C(N1C=CSc2cc3nccc(C(F)(F)F)c3cc21)C(F)(F)F. The predicted molar refractivity (Wildman–Crippen MR) is 75.3 cm³/mol. The predicted octanol–water partition coefficient (Wildman–Crippen LogP) is 4.73. The molecule has 1 aromatic carbocycles. The molecule has 0 spiro atoms. The van der Waals surface area contributed by atoms with Crippen molar-refractivity contribution < 1.29 is 31.1 Å². The first-order chi connectivity index (χ1) is 11.1. The van der Waals surface area contributed by atoms with Crippen molar-refractivity contribution in [2.24, 2.45) is 0 Å². The van der Waals surface area contributed by atoms with Crippen LogP contribution in [-0.2, 0) is 11.0 Å². The van der Waals surface area contributed by atoms with Gasteiger partial charge >= 0.3 is 18.3 Å². The fourth-order valence-corrected chi connectivity index (χ4v) is 3.04. The lowest BCUT2D eigenvalue weighted by atomic mass is 10.1. The molecule has 0 N–H and O–H groups in total. The maximum atomic E-state index is 13.1. The van der Waals surface area contributed by atoms with Crippen LogP contribution in [-0.4, -0.2) is 17.1 Å². The average molecular weight is 364 g/mol. The Balaban J connectivity index is 2.23. The van der Waals surface area contributed by atoms with E-state index in [0.717, 1.165) is 36.3 Å². The summed E-state index contributed by atoms with van der Waals surface area (Å²) in [6.45, 7) is 0. The highest BCUT2D eigenvalue weighted by molar-refractivity contribution is 8.02. The first kappa shape index (κ1) is 16.6. The summed E-state index contributed by atoms with van der Waals surface area (Å²) in [5.41, 5.74) is -1.32. The molecule has 1 aromatic heterocycles. The molecule has 3 nitrogen and oxygen atoms in total. The van der Waals surface area contributed by atoms with Gasteiger partial charge in [-0.05, 0) is 23.6 Å². The lowest BCUT2D eigenvalue weighted by Crippen LogP contribution is -2.38. The van der Waals surface area contributed by atoms with Gasteiger partial charge in [0.15, 0.2) is 0 Å². The summed E-state index contributed by atoms with van der Waals surface area (Å²) < 4.78 is 77.3. The molecule has 126 valence electrons. The second-order valence-corrected chi connectivity index (χ2v) is 5.72. The zero-order valence-corrected chi connectivity index (χ0v) is 12.3. The topological polar surface area (TPSA) is 33.2 Å². The summed E-state index contributed by atoms with van der Waals surface area (Å²) in [6.07, 6.45) is -8.01. The van der Waals surface area contributed by atoms with E-state index in [1.54, 1.807) is 0 Å². The van der Waals surface area contributed by atoms with Crippen LogP contribution in [0.15, 0.2) is 40.9 Å². The molecule has 0 saturated carbocycles. The number of rotatable bonds is 0. The van der Waals surface area contributed by atoms with Crippen molar-refractivity contribution in [2.75, 3.05) is 4.90 Å². The van der Waals surface area contributed by atoms with Crippen LogP contribution in [0.25, 0.3) is 10.9 Å². The molecule has 0 aliphatic carbocycles. The molecule has 2 aromatic rings. The molecular formula is C14H6F6N2OS. The minimum atomic E-state index is -5.15.